The molecule has 0 saturated carbocycles. The third kappa shape index (κ3) is 11.1. The number of rotatable bonds is 19. The number of unbranched alkanes of at least 4 members (excludes halogenated alkanes) is 2. The van der Waals surface area contributed by atoms with Crippen LogP contribution in [0.4, 0.5) is 11.4 Å². The van der Waals surface area contributed by atoms with Crippen LogP contribution in [0.25, 0.3) is 6.08 Å². The molecule has 0 aliphatic carbocycles. The Kier molecular flexibility index (Phi) is 14.7. The van der Waals surface area contributed by atoms with E-state index >= 15 is 0 Å². The fourth-order valence-corrected chi connectivity index (χ4v) is 9.25. The van der Waals surface area contributed by atoms with Gasteiger partial charge in [-0.15, -0.1) is 0 Å². The predicted octanol–water partition coefficient (Wildman–Crippen LogP) is 7.81. The quantitative estimate of drug-likeness (QED) is 0.0921. The van der Waals surface area contributed by atoms with Crippen LogP contribution in [0, 0.1) is 0 Å². The second-order valence-electron chi connectivity index (χ2n) is 14.8. The Labute approximate surface area is 294 Å². The summed E-state index contributed by atoms with van der Waals surface area (Å²) >= 11 is 0. The van der Waals surface area contributed by atoms with Crippen molar-refractivity contribution in [3.05, 3.63) is 59.7 Å². The largest absolute Gasteiger partial charge is 0.497 e. The van der Waals surface area contributed by atoms with E-state index in [1.54, 1.807) is 7.11 Å². The summed E-state index contributed by atoms with van der Waals surface area (Å²) in [6, 6.07) is 15.8. The number of benzene rings is 2. The lowest BCUT2D eigenvalue weighted by Crippen LogP contribution is -2.43. The van der Waals surface area contributed by atoms with Crippen LogP contribution in [0.1, 0.15) is 70.4 Å². The van der Waals surface area contributed by atoms with E-state index in [2.05, 4.69) is 111 Å². The number of hydrogen-bond acceptors (Lipinski definition) is 7. The van der Waals surface area contributed by atoms with E-state index in [1.165, 1.54) is 85.9 Å². The van der Waals surface area contributed by atoms with E-state index in [9.17, 15) is 5.11 Å². The van der Waals surface area contributed by atoms with Gasteiger partial charge in [0.1, 0.15) is 5.75 Å². The maximum atomic E-state index is 9.89. The smallest absolute Gasteiger partial charge is 0.119 e. The zero-order valence-corrected chi connectivity index (χ0v) is 32.1. The Hall–Kier alpha value is -1.84. The number of hydrogen-bond donors (Lipinski definition) is 1. The highest BCUT2D eigenvalue weighted by atomic mass is 33.1. The first-order chi connectivity index (χ1) is 22.5. The molecule has 1 unspecified atom stereocenters. The molecule has 1 fully saturated rings. The fraction of sp³-hybridized carbons (Fsp3) is 0.641. The summed E-state index contributed by atoms with van der Waals surface area (Å²) in [7, 11) is 12.9. The lowest BCUT2D eigenvalue weighted by atomic mass is 9.80. The van der Waals surface area contributed by atoms with Crippen molar-refractivity contribution < 1.29 is 14.3 Å². The van der Waals surface area contributed by atoms with Gasteiger partial charge in [0, 0.05) is 48.7 Å². The summed E-state index contributed by atoms with van der Waals surface area (Å²) < 4.78 is 6.74. The Bertz CT molecular complexity index is 1240. The molecule has 2 heterocycles. The number of ether oxygens (including phenoxy) is 1. The van der Waals surface area contributed by atoms with Gasteiger partial charge >= 0.3 is 0 Å². The molecule has 2 aromatic carbocycles. The topological polar surface area (TPSA) is 39.2 Å². The molecule has 1 atom stereocenters. The van der Waals surface area contributed by atoms with Crippen LogP contribution in [0.3, 0.4) is 0 Å². The van der Waals surface area contributed by atoms with Crippen LogP contribution >= 0.6 is 21.6 Å². The SMILES string of the molecule is CCCCN(C)CCSSCC[N+](C)(C)CCCCN1c2ccc(OC)cc2C(C)(C)C1/C=C/c1ccc(N2CCC(O)CC2)cc1. The molecule has 6 nitrogen and oxygen atoms in total. The van der Waals surface area contributed by atoms with Gasteiger partial charge < -0.3 is 29.0 Å². The highest BCUT2D eigenvalue weighted by Gasteiger charge is 2.43. The van der Waals surface area contributed by atoms with E-state index < -0.39 is 0 Å². The fourth-order valence-electron chi connectivity index (χ4n) is 6.90. The second-order valence-corrected chi connectivity index (χ2v) is 17.5. The number of aliphatic hydroxyl groups excluding tert-OH is 1. The van der Waals surface area contributed by atoms with Crippen LogP contribution in [-0.4, -0.2) is 112 Å². The van der Waals surface area contributed by atoms with Crippen molar-refractivity contribution in [2.45, 2.75) is 76.9 Å². The van der Waals surface area contributed by atoms with Crippen molar-refractivity contribution in [2.24, 2.45) is 0 Å². The molecule has 1 saturated heterocycles. The summed E-state index contributed by atoms with van der Waals surface area (Å²) in [5, 5.41) is 9.89. The molecular formula is C39H63N4O2S2+. The Morgan fingerprint density at radius 2 is 1.70 bits per heavy atom. The number of fused-ring (bicyclic) bond motifs is 1. The van der Waals surface area contributed by atoms with Gasteiger partial charge in [-0.2, -0.15) is 0 Å². The summed E-state index contributed by atoms with van der Waals surface area (Å²) in [4.78, 5) is 7.50. The molecule has 0 amide bonds. The van der Waals surface area contributed by atoms with Crippen molar-refractivity contribution in [3.8, 4) is 5.75 Å². The molecular weight excluding hydrogens is 621 g/mol. The first-order valence-electron chi connectivity index (χ1n) is 18.0. The second kappa shape index (κ2) is 18.2. The molecule has 0 bridgehead atoms. The maximum absolute atomic E-state index is 9.89. The Morgan fingerprint density at radius 3 is 2.40 bits per heavy atom. The van der Waals surface area contributed by atoms with Crippen LogP contribution < -0.4 is 14.5 Å². The van der Waals surface area contributed by atoms with Gasteiger partial charge in [-0.1, -0.05) is 73.1 Å². The Morgan fingerprint density at radius 1 is 0.979 bits per heavy atom. The third-order valence-corrected chi connectivity index (χ3v) is 12.6. The minimum absolute atomic E-state index is 0.0377. The molecule has 0 spiro atoms. The standard InChI is InChI=1S/C39H63N4O2S2/c1-8-9-22-40(4)26-29-46-47-30-28-43(5,6)27-11-10-23-42-37-18-17-35(45-7)31-36(37)39(2,3)38(42)19-14-32-12-15-33(16-13-32)41-24-20-34(44)21-25-41/h12-19,31,34,38,44H,8-11,20-30H2,1-7H3/q+1/b19-14+. The molecule has 2 aliphatic rings. The summed E-state index contributed by atoms with van der Waals surface area (Å²) in [6.45, 7) is 14.8. The van der Waals surface area contributed by atoms with Crippen LogP contribution in [-0.2, 0) is 5.41 Å². The van der Waals surface area contributed by atoms with Crippen LogP contribution in [0.15, 0.2) is 48.5 Å². The minimum Gasteiger partial charge on any atom is -0.497 e. The summed E-state index contributed by atoms with van der Waals surface area (Å²) in [5.74, 6) is 3.35. The van der Waals surface area contributed by atoms with E-state index in [4.69, 9.17) is 4.74 Å². The van der Waals surface area contributed by atoms with E-state index in [1.807, 2.05) is 21.6 Å². The van der Waals surface area contributed by atoms with Gasteiger partial charge in [0.25, 0.3) is 0 Å². The van der Waals surface area contributed by atoms with E-state index in [0.29, 0.717) is 0 Å². The molecule has 2 aliphatic heterocycles. The average Bonchev–Trinajstić information content (AvgIpc) is 3.27. The molecule has 4 rings (SSSR count). The summed E-state index contributed by atoms with van der Waals surface area (Å²) in [5.41, 5.74) is 5.16. The van der Waals surface area contributed by atoms with Gasteiger partial charge in [-0.05, 0) is 87.2 Å². The van der Waals surface area contributed by atoms with Crippen molar-refractivity contribution >= 4 is 39.0 Å². The highest BCUT2D eigenvalue weighted by molar-refractivity contribution is 8.76. The molecule has 1 N–H and O–H groups in total. The highest BCUT2D eigenvalue weighted by Crippen LogP contribution is 2.47. The number of nitrogens with zero attached hydrogens (tertiary/aromatic N) is 4. The van der Waals surface area contributed by atoms with Crippen molar-refractivity contribution in [1.82, 2.24) is 4.90 Å². The van der Waals surface area contributed by atoms with E-state index in [-0.39, 0.29) is 17.6 Å². The monoisotopic (exact) mass is 683 g/mol. The zero-order chi connectivity index (χ0) is 33.9. The third-order valence-electron chi connectivity index (χ3n) is 10.2. The first-order valence-corrected chi connectivity index (χ1v) is 20.4. The van der Waals surface area contributed by atoms with Crippen molar-refractivity contribution in [3.63, 3.8) is 0 Å². The maximum Gasteiger partial charge on any atom is 0.119 e. The van der Waals surface area contributed by atoms with Crippen LogP contribution in [0.5, 0.6) is 5.75 Å². The van der Waals surface area contributed by atoms with Gasteiger partial charge in [-0.25, -0.2) is 0 Å². The lowest BCUT2D eigenvalue weighted by Gasteiger charge is -2.33. The van der Waals surface area contributed by atoms with E-state index in [0.717, 1.165) is 42.7 Å². The van der Waals surface area contributed by atoms with Gasteiger partial charge in [0.15, 0.2) is 0 Å². The van der Waals surface area contributed by atoms with Crippen molar-refractivity contribution in [2.75, 3.05) is 95.4 Å². The minimum atomic E-state index is -0.147. The first kappa shape index (κ1) is 38.0. The molecule has 262 valence electrons. The molecule has 47 heavy (non-hydrogen) atoms. The van der Waals surface area contributed by atoms with Crippen molar-refractivity contribution in [1.29, 1.82) is 0 Å². The number of methoxy groups -OCH3 is 1. The molecule has 8 heteroatoms. The average molecular weight is 684 g/mol. The number of piperidine rings is 1. The number of anilines is 2. The zero-order valence-electron chi connectivity index (χ0n) is 30.4. The van der Waals surface area contributed by atoms with Crippen LogP contribution in [0.2, 0.25) is 0 Å². The van der Waals surface area contributed by atoms with Gasteiger partial charge in [-0.3, -0.25) is 0 Å². The normalized spacial score (nSPS) is 18.4. The number of aliphatic hydroxyl groups is 1. The predicted molar refractivity (Wildman–Crippen MR) is 208 cm³/mol. The molecule has 2 aromatic rings. The van der Waals surface area contributed by atoms with Gasteiger partial charge in [0.2, 0.25) is 0 Å². The lowest BCUT2D eigenvalue weighted by molar-refractivity contribution is -0.888. The number of quaternary nitrogens is 1. The van der Waals surface area contributed by atoms with Gasteiger partial charge in [0.05, 0.1) is 52.2 Å². The summed E-state index contributed by atoms with van der Waals surface area (Å²) in [6.07, 6.45) is 11.3. The molecule has 0 aromatic heterocycles. The molecule has 0 radical (unpaired) electrons. The Balaban J connectivity index is 1.31.